The average molecular weight is 433 g/mol. The zero-order chi connectivity index (χ0) is 21.8. The van der Waals surface area contributed by atoms with E-state index >= 15 is 0 Å². The first-order valence-corrected chi connectivity index (χ1v) is 11.7. The Kier molecular flexibility index (Phi) is 4.68. The Labute approximate surface area is 186 Å². The van der Waals surface area contributed by atoms with Crippen molar-refractivity contribution < 1.29 is 14.7 Å². The zero-order valence-electron chi connectivity index (χ0n) is 18.0. The van der Waals surface area contributed by atoms with Gasteiger partial charge in [0.2, 0.25) is 5.91 Å². The number of aliphatic hydroxyl groups excluding tert-OH is 1. The Morgan fingerprint density at radius 2 is 1.84 bits per heavy atom. The minimum Gasteiger partial charge on any atom is -0.391 e. The van der Waals surface area contributed by atoms with Gasteiger partial charge in [-0.15, -0.1) is 0 Å². The van der Waals surface area contributed by atoms with Gasteiger partial charge in [0.05, 0.1) is 12.1 Å². The summed E-state index contributed by atoms with van der Waals surface area (Å²) in [5.74, 6) is 1.15. The van der Waals surface area contributed by atoms with Crippen LogP contribution in [0, 0.1) is 17.8 Å². The van der Waals surface area contributed by atoms with Crippen LogP contribution >= 0.6 is 0 Å². The first kappa shape index (κ1) is 19.7. The van der Waals surface area contributed by atoms with Gasteiger partial charge in [0.25, 0.3) is 0 Å². The fourth-order valence-corrected chi connectivity index (χ4v) is 5.76. The lowest BCUT2D eigenvalue weighted by molar-refractivity contribution is -0.130. The molecule has 1 aliphatic heterocycles. The summed E-state index contributed by atoms with van der Waals surface area (Å²) >= 11 is 0. The zero-order valence-corrected chi connectivity index (χ0v) is 18.0. The van der Waals surface area contributed by atoms with Crippen LogP contribution in [0.2, 0.25) is 0 Å². The molecule has 3 aromatic rings. The van der Waals surface area contributed by atoms with E-state index in [0.717, 1.165) is 42.3 Å². The molecule has 2 aliphatic carbocycles. The van der Waals surface area contributed by atoms with E-state index in [1.54, 1.807) is 6.20 Å². The Morgan fingerprint density at radius 3 is 2.59 bits per heavy atom. The third kappa shape index (κ3) is 3.35. The van der Waals surface area contributed by atoms with E-state index in [2.05, 4.69) is 5.10 Å². The molecule has 4 atom stereocenters. The van der Waals surface area contributed by atoms with Crippen LogP contribution in [0.3, 0.4) is 0 Å². The van der Waals surface area contributed by atoms with Crippen molar-refractivity contribution in [3.63, 3.8) is 0 Å². The van der Waals surface area contributed by atoms with Crippen LogP contribution in [-0.4, -0.2) is 55.2 Å². The molecule has 1 N–H and O–H groups in total. The van der Waals surface area contributed by atoms with Gasteiger partial charge in [-0.25, -0.2) is 0 Å². The fourth-order valence-electron chi connectivity index (χ4n) is 5.76. The lowest BCUT2D eigenvalue weighted by Crippen LogP contribution is -2.36. The molecule has 2 saturated carbocycles. The van der Waals surface area contributed by atoms with E-state index in [1.807, 2.05) is 56.9 Å². The number of ketones is 1. The molecule has 32 heavy (non-hydrogen) atoms. The maximum absolute atomic E-state index is 13.3. The van der Waals surface area contributed by atoms with Gasteiger partial charge >= 0.3 is 0 Å². The van der Waals surface area contributed by atoms with Gasteiger partial charge < -0.3 is 14.6 Å². The quantitative estimate of drug-likeness (QED) is 0.629. The van der Waals surface area contributed by atoms with Crippen LogP contribution in [0.5, 0.6) is 0 Å². The van der Waals surface area contributed by atoms with E-state index in [1.165, 1.54) is 0 Å². The highest BCUT2D eigenvalue weighted by molar-refractivity contribution is 6.10. The van der Waals surface area contributed by atoms with E-state index < -0.39 is 6.10 Å². The number of hydrogen-bond donors (Lipinski definition) is 1. The smallest absolute Gasteiger partial charge is 0.242 e. The lowest BCUT2D eigenvalue weighted by atomic mass is 9.77. The maximum atomic E-state index is 13.3. The molecular formula is C25H28N4O3. The van der Waals surface area contributed by atoms with Gasteiger partial charge in [-0.3, -0.25) is 14.3 Å². The third-order valence-corrected chi connectivity index (χ3v) is 7.63. The predicted molar refractivity (Wildman–Crippen MR) is 119 cm³/mol. The van der Waals surface area contributed by atoms with E-state index in [4.69, 9.17) is 0 Å². The van der Waals surface area contributed by atoms with Crippen molar-refractivity contribution in [2.24, 2.45) is 17.8 Å². The molecule has 0 spiro atoms. The Hall–Kier alpha value is -2.93. The Morgan fingerprint density at radius 1 is 1.06 bits per heavy atom. The largest absolute Gasteiger partial charge is 0.391 e. The minimum atomic E-state index is -0.435. The fraction of sp³-hybridized carbons (Fsp3) is 0.480. The summed E-state index contributed by atoms with van der Waals surface area (Å²) in [6.45, 7) is 1.66. The normalized spacial score (nSPS) is 27.6. The summed E-state index contributed by atoms with van der Waals surface area (Å²) in [5, 5.41) is 15.9. The molecule has 0 bridgehead atoms. The molecule has 7 nitrogen and oxygen atoms in total. The Bertz CT molecular complexity index is 1160. The molecular weight excluding hydrogens is 404 g/mol. The average Bonchev–Trinajstić information content (AvgIpc) is 3.19. The van der Waals surface area contributed by atoms with Crippen LogP contribution in [0.1, 0.15) is 42.1 Å². The number of para-hydroxylation sites is 1. The number of hydrogen-bond acceptors (Lipinski definition) is 4. The van der Waals surface area contributed by atoms with E-state index in [9.17, 15) is 14.7 Å². The molecule has 3 heterocycles. The summed E-state index contributed by atoms with van der Waals surface area (Å²) < 4.78 is 3.80. The summed E-state index contributed by atoms with van der Waals surface area (Å²) in [5.41, 5.74) is 1.69. The topological polar surface area (TPSA) is 80.4 Å². The van der Waals surface area contributed by atoms with Crippen molar-refractivity contribution >= 4 is 22.6 Å². The van der Waals surface area contributed by atoms with Crippen LogP contribution in [0.25, 0.3) is 10.9 Å². The van der Waals surface area contributed by atoms with Crippen molar-refractivity contribution in [2.45, 2.75) is 44.4 Å². The number of nitrogens with zero attached hydrogens (tertiary/aromatic N) is 4. The number of aliphatic hydroxyl groups is 1. The Balaban J connectivity index is 1.19. The van der Waals surface area contributed by atoms with Crippen LogP contribution < -0.4 is 0 Å². The lowest BCUT2D eigenvalue weighted by Gasteiger charge is -2.35. The van der Waals surface area contributed by atoms with Gasteiger partial charge in [-0.05, 0) is 49.7 Å². The van der Waals surface area contributed by atoms with Gasteiger partial charge in [0, 0.05) is 54.1 Å². The molecule has 2 aromatic heterocycles. The monoisotopic (exact) mass is 432 g/mol. The van der Waals surface area contributed by atoms with Gasteiger partial charge in [0.15, 0.2) is 5.78 Å². The molecule has 1 amide bonds. The first-order valence-electron chi connectivity index (χ1n) is 11.7. The van der Waals surface area contributed by atoms with Crippen molar-refractivity contribution in [1.82, 2.24) is 19.2 Å². The molecule has 1 aromatic carbocycles. The SMILES string of the molecule is O=C(c1cn(CC(=O)N2C[C@H]3C[C@@H](n4cccn4)[C@H](O)C[C@H]3C2)c2ccccc12)C1CC1. The van der Waals surface area contributed by atoms with Crippen LogP contribution in [0.4, 0.5) is 0 Å². The number of aromatic nitrogens is 3. The van der Waals surface area contributed by atoms with Crippen LogP contribution in [-0.2, 0) is 11.3 Å². The number of carbonyl (C=O) groups excluding carboxylic acids is 2. The second-order valence-corrected chi connectivity index (χ2v) is 9.74. The second kappa shape index (κ2) is 7.59. The summed E-state index contributed by atoms with van der Waals surface area (Å²) in [6.07, 6.45) is 8.57. The highest BCUT2D eigenvalue weighted by atomic mass is 16.3. The number of rotatable bonds is 5. The predicted octanol–water partition coefficient (Wildman–Crippen LogP) is 2.90. The molecule has 166 valence electrons. The van der Waals surface area contributed by atoms with Crippen molar-refractivity contribution in [1.29, 1.82) is 0 Å². The molecule has 3 fully saturated rings. The highest BCUT2D eigenvalue weighted by Crippen LogP contribution is 2.41. The van der Waals surface area contributed by atoms with Crippen LogP contribution in [0.15, 0.2) is 48.9 Å². The number of amides is 1. The number of Topliss-reactive ketones (excluding diaryl/α,β-unsaturated/α-hetero) is 1. The number of fused-ring (bicyclic) bond motifs is 2. The minimum absolute atomic E-state index is 0.0225. The molecule has 0 unspecified atom stereocenters. The molecule has 0 radical (unpaired) electrons. The molecule has 3 aliphatic rings. The molecule has 7 heteroatoms. The number of carbonyl (C=O) groups is 2. The number of likely N-dealkylation sites (tertiary alicyclic amines) is 1. The third-order valence-electron chi connectivity index (χ3n) is 7.63. The summed E-state index contributed by atoms with van der Waals surface area (Å²) in [7, 11) is 0. The van der Waals surface area contributed by atoms with Crippen molar-refractivity contribution in [3.05, 3.63) is 54.5 Å². The molecule has 6 rings (SSSR count). The van der Waals surface area contributed by atoms with Crippen molar-refractivity contribution in [2.75, 3.05) is 13.1 Å². The van der Waals surface area contributed by atoms with Gasteiger partial charge in [-0.2, -0.15) is 5.10 Å². The summed E-state index contributed by atoms with van der Waals surface area (Å²) in [6, 6.07) is 9.73. The maximum Gasteiger partial charge on any atom is 0.242 e. The first-order chi connectivity index (χ1) is 15.6. The van der Waals surface area contributed by atoms with Gasteiger partial charge in [0.1, 0.15) is 6.54 Å². The number of benzene rings is 1. The van der Waals surface area contributed by atoms with Crippen molar-refractivity contribution in [3.8, 4) is 0 Å². The summed E-state index contributed by atoms with van der Waals surface area (Å²) in [4.78, 5) is 28.0. The van der Waals surface area contributed by atoms with Gasteiger partial charge in [-0.1, -0.05) is 18.2 Å². The van der Waals surface area contributed by atoms with E-state index in [-0.39, 0.29) is 30.2 Å². The standard InChI is InChI=1S/C25H28N4O3/c30-23-11-18-13-28(12-17(18)10-22(23)29-9-3-8-26-29)24(31)15-27-14-20(25(32)16-6-7-16)19-4-1-2-5-21(19)27/h1-5,8-9,14,16-18,22-23,30H,6-7,10-13,15H2/t17-,18+,22-,23-/m1/s1. The second-order valence-electron chi connectivity index (χ2n) is 9.74. The highest BCUT2D eigenvalue weighted by Gasteiger charge is 2.43. The van der Waals surface area contributed by atoms with E-state index in [0.29, 0.717) is 24.8 Å². The molecule has 1 saturated heterocycles.